The molecular weight excluding hydrogens is 220 g/mol. The van der Waals surface area contributed by atoms with Gasteiger partial charge >= 0.3 is 11.9 Å². The largest absolute Gasteiger partial charge is 0.478 e. The summed E-state index contributed by atoms with van der Waals surface area (Å²) in [6, 6.07) is 4.33. The van der Waals surface area contributed by atoms with E-state index in [9.17, 15) is 9.59 Å². The summed E-state index contributed by atoms with van der Waals surface area (Å²) in [5.41, 5.74) is 0.903. The summed E-state index contributed by atoms with van der Waals surface area (Å²) in [5.74, 6) is -1.42. The Bertz CT molecular complexity index is 428. The van der Waals surface area contributed by atoms with Gasteiger partial charge < -0.3 is 10.2 Å². The molecular formula is C13H14O4. The van der Waals surface area contributed by atoms with E-state index >= 15 is 0 Å². The molecule has 1 aromatic rings. The van der Waals surface area contributed by atoms with Gasteiger partial charge in [-0.1, -0.05) is 12.8 Å². The Kier molecular flexibility index (Phi) is 3.13. The molecule has 17 heavy (non-hydrogen) atoms. The van der Waals surface area contributed by atoms with Gasteiger partial charge in [-0.15, -0.1) is 0 Å². The fourth-order valence-corrected chi connectivity index (χ4v) is 1.86. The monoisotopic (exact) mass is 234 g/mol. The number of benzene rings is 1. The van der Waals surface area contributed by atoms with Crippen LogP contribution in [0.5, 0.6) is 0 Å². The SMILES string of the molecule is O=C(O)c1cc(CCC2CC2)cc(C(=O)O)c1. The maximum absolute atomic E-state index is 10.9. The molecule has 4 heteroatoms. The van der Waals surface area contributed by atoms with Gasteiger partial charge in [0.25, 0.3) is 0 Å². The molecule has 1 saturated carbocycles. The Balaban J connectivity index is 2.22. The average Bonchev–Trinajstić information content (AvgIpc) is 3.09. The summed E-state index contributed by atoms with van der Waals surface area (Å²) in [5, 5.41) is 17.8. The van der Waals surface area contributed by atoms with Crippen molar-refractivity contribution in [1.82, 2.24) is 0 Å². The van der Waals surface area contributed by atoms with Crippen molar-refractivity contribution in [3.05, 3.63) is 34.9 Å². The van der Waals surface area contributed by atoms with Crippen molar-refractivity contribution in [2.24, 2.45) is 5.92 Å². The fraction of sp³-hybridized carbons (Fsp3) is 0.385. The zero-order valence-electron chi connectivity index (χ0n) is 9.35. The molecule has 0 saturated heterocycles. The summed E-state index contributed by atoms with van der Waals surface area (Å²) < 4.78 is 0. The molecule has 1 aliphatic rings. The van der Waals surface area contributed by atoms with E-state index in [2.05, 4.69) is 0 Å². The number of aryl methyl sites for hydroxylation is 1. The molecule has 0 unspecified atom stereocenters. The van der Waals surface area contributed by atoms with Crippen LogP contribution in [-0.2, 0) is 6.42 Å². The quantitative estimate of drug-likeness (QED) is 0.820. The molecule has 0 aliphatic heterocycles. The highest BCUT2D eigenvalue weighted by Gasteiger charge is 2.21. The van der Waals surface area contributed by atoms with Gasteiger partial charge in [0.2, 0.25) is 0 Å². The van der Waals surface area contributed by atoms with Crippen molar-refractivity contribution < 1.29 is 19.8 Å². The first kappa shape index (κ1) is 11.6. The number of hydrogen-bond donors (Lipinski definition) is 2. The van der Waals surface area contributed by atoms with Gasteiger partial charge in [-0.25, -0.2) is 9.59 Å². The fourth-order valence-electron chi connectivity index (χ4n) is 1.86. The van der Waals surface area contributed by atoms with E-state index in [-0.39, 0.29) is 11.1 Å². The average molecular weight is 234 g/mol. The molecule has 0 spiro atoms. The van der Waals surface area contributed by atoms with E-state index in [1.807, 2.05) is 0 Å². The van der Waals surface area contributed by atoms with Crippen molar-refractivity contribution in [3.8, 4) is 0 Å². The third kappa shape index (κ3) is 3.06. The molecule has 2 rings (SSSR count). The van der Waals surface area contributed by atoms with Gasteiger partial charge in [-0.2, -0.15) is 0 Å². The van der Waals surface area contributed by atoms with Crippen molar-refractivity contribution in [1.29, 1.82) is 0 Å². The van der Waals surface area contributed by atoms with Gasteiger partial charge in [-0.3, -0.25) is 0 Å². The Morgan fingerprint density at radius 3 is 2.00 bits per heavy atom. The summed E-state index contributed by atoms with van der Waals surface area (Å²) in [6.07, 6.45) is 4.25. The highest BCUT2D eigenvalue weighted by Crippen LogP contribution is 2.33. The van der Waals surface area contributed by atoms with Gasteiger partial charge in [0, 0.05) is 0 Å². The number of aromatic carboxylic acids is 2. The minimum atomic E-state index is -1.08. The zero-order chi connectivity index (χ0) is 12.4. The lowest BCUT2D eigenvalue weighted by atomic mass is 10.0. The number of carbonyl (C=O) groups is 2. The molecule has 0 atom stereocenters. The van der Waals surface area contributed by atoms with Crippen molar-refractivity contribution in [2.75, 3.05) is 0 Å². The van der Waals surface area contributed by atoms with Crippen LogP contribution in [-0.4, -0.2) is 22.2 Å². The summed E-state index contributed by atoms with van der Waals surface area (Å²) in [6.45, 7) is 0. The van der Waals surface area contributed by atoms with Crippen LogP contribution in [0.25, 0.3) is 0 Å². The van der Waals surface area contributed by atoms with E-state index in [0.717, 1.165) is 24.3 Å². The van der Waals surface area contributed by atoms with Gasteiger partial charge in [0.1, 0.15) is 0 Å². The van der Waals surface area contributed by atoms with E-state index in [0.29, 0.717) is 0 Å². The van der Waals surface area contributed by atoms with Crippen LogP contribution in [0, 0.1) is 5.92 Å². The van der Waals surface area contributed by atoms with Crippen molar-refractivity contribution >= 4 is 11.9 Å². The Morgan fingerprint density at radius 2 is 1.59 bits per heavy atom. The third-order valence-electron chi connectivity index (χ3n) is 3.02. The number of hydrogen-bond acceptors (Lipinski definition) is 2. The van der Waals surface area contributed by atoms with Crippen LogP contribution in [0.15, 0.2) is 18.2 Å². The van der Waals surface area contributed by atoms with E-state index in [4.69, 9.17) is 10.2 Å². The Hall–Kier alpha value is -1.84. The summed E-state index contributed by atoms with van der Waals surface area (Å²) in [7, 11) is 0. The first-order valence-electron chi connectivity index (χ1n) is 5.67. The third-order valence-corrected chi connectivity index (χ3v) is 3.02. The van der Waals surface area contributed by atoms with E-state index in [1.54, 1.807) is 12.1 Å². The second-order valence-electron chi connectivity index (χ2n) is 4.51. The first-order chi connectivity index (χ1) is 8.06. The minimum Gasteiger partial charge on any atom is -0.478 e. The molecule has 0 radical (unpaired) electrons. The number of carboxylic acids is 2. The van der Waals surface area contributed by atoms with Crippen molar-refractivity contribution in [2.45, 2.75) is 25.7 Å². The molecule has 4 nitrogen and oxygen atoms in total. The maximum atomic E-state index is 10.9. The molecule has 0 heterocycles. The first-order valence-corrected chi connectivity index (χ1v) is 5.67. The predicted octanol–water partition coefficient (Wildman–Crippen LogP) is 2.43. The predicted molar refractivity (Wildman–Crippen MR) is 61.4 cm³/mol. The normalized spacial score (nSPS) is 14.6. The molecule has 0 aromatic heterocycles. The van der Waals surface area contributed by atoms with Crippen LogP contribution in [0.3, 0.4) is 0 Å². The lowest BCUT2D eigenvalue weighted by molar-refractivity contribution is 0.0696. The van der Waals surface area contributed by atoms with Crippen LogP contribution in [0.2, 0.25) is 0 Å². The second kappa shape index (κ2) is 4.57. The zero-order valence-corrected chi connectivity index (χ0v) is 9.35. The molecule has 0 amide bonds. The van der Waals surface area contributed by atoms with Gasteiger partial charge in [-0.05, 0) is 42.5 Å². The van der Waals surface area contributed by atoms with Crippen molar-refractivity contribution in [3.63, 3.8) is 0 Å². The molecule has 0 bridgehead atoms. The highest BCUT2D eigenvalue weighted by atomic mass is 16.4. The number of rotatable bonds is 5. The lowest BCUT2D eigenvalue weighted by Gasteiger charge is -2.05. The molecule has 2 N–H and O–H groups in total. The maximum Gasteiger partial charge on any atom is 0.335 e. The molecule has 1 aliphatic carbocycles. The van der Waals surface area contributed by atoms with Gasteiger partial charge in [0.15, 0.2) is 0 Å². The molecule has 90 valence electrons. The van der Waals surface area contributed by atoms with Crippen LogP contribution in [0.4, 0.5) is 0 Å². The smallest absolute Gasteiger partial charge is 0.335 e. The summed E-state index contributed by atoms with van der Waals surface area (Å²) in [4.78, 5) is 21.8. The lowest BCUT2D eigenvalue weighted by Crippen LogP contribution is -2.04. The Morgan fingerprint density at radius 1 is 1.06 bits per heavy atom. The van der Waals surface area contributed by atoms with Crippen LogP contribution < -0.4 is 0 Å². The van der Waals surface area contributed by atoms with E-state index in [1.165, 1.54) is 18.9 Å². The topological polar surface area (TPSA) is 74.6 Å². The van der Waals surface area contributed by atoms with Crippen LogP contribution >= 0.6 is 0 Å². The van der Waals surface area contributed by atoms with Gasteiger partial charge in [0.05, 0.1) is 11.1 Å². The summed E-state index contributed by atoms with van der Waals surface area (Å²) >= 11 is 0. The minimum absolute atomic E-state index is 0.0516. The second-order valence-corrected chi connectivity index (χ2v) is 4.51. The standard InChI is InChI=1S/C13H14O4/c14-12(15)10-5-9(4-3-8-1-2-8)6-11(7-10)13(16)17/h5-8H,1-4H2,(H,14,15)(H,16,17). The van der Waals surface area contributed by atoms with Crippen LogP contribution in [0.1, 0.15) is 45.5 Å². The highest BCUT2D eigenvalue weighted by molar-refractivity contribution is 5.94. The van der Waals surface area contributed by atoms with E-state index < -0.39 is 11.9 Å². The molecule has 1 aromatic carbocycles. The number of carboxylic acid groups (broad SMARTS) is 2. The Labute approximate surface area is 98.9 Å². The molecule has 1 fully saturated rings.